The summed E-state index contributed by atoms with van der Waals surface area (Å²) < 4.78 is 0. The fraction of sp³-hybridized carbons (Fsp3) is 0.900. The molecule has 0 saturated carbocycles. The first-order valence-electron chi connectivity index (χ1n) is 5.60. The third-order valence-electron chi connectivity index (χ3n) is 3.98. The SMILES string of the molecule is O=C1NCCNC12CCN1CCCC12. The molecule has 4 heteroatoms. The van der Waals surface area contributed by atoms with Gasteiger partial charge in [-0.25, -0.2) is 0 Å². The van der Waals surface area contributed by atoms with E-state index in [4.69, 9.17) is 0 Å². The molecule has 78 valence electrons. The number of nitrogens with zero attached hydrogens (tertiary/aromatic N) is 1. The molecule has 3 aliphatic heterocycles. The van der Waals surface area contributed by atoms with Crippen molar-refractivity contribution in [1.29, 1.82) is 0 Å². The highest BCUT2D eigenvalue weighted by atomic mass is 16.2. The van der Waals surface area contributed by atoms with E-state index in [-0.39, 0.29) is 11.4 Å². The van der Waals surface area contributed by atoms with Gasteiger partial charge >= 0.3 is 0 Å². The van der Waals surface area contributed by atoms with Gasteiger partial charge in [0.2, 0.25) is 5.91 Å². The lowest BCUT2D eigenvalue weighted by Crippen LogP contribution is -2.67. The van der Waals surface area contributed by atoms with E-state index in [0.717, 1.165) is 26.1 Å². The Kier molecular flexibility index (Phi) is 1.82. The second-order valence-electron chi connectivity index (χ2n) is 4.60. The molecule has 1 spiro atoms. The summed E-state index contributed by atoms with van der Waals surface area (Å²) >= 11 is 0. The van der Waals surface area contributed by atoms with E-state index in [2.05, 4.69) is 15.5 Å². The molecule has 0 bridgehead atoms. The zero-order valence-corrected chi connectivity index (χ0v) is 8.38. The molecule has 3 rings (SSSR count). The molecule has 0 aromatic rings. The summed E-state index contributed by atoms with van der Waals surface area (Å²) in [5.41, 5.74) is -0.241. The van der Waals surface area contributed by atoms with E-state index in [1.54, 1.807) is 0 Å². The van der Waals surface area contributed by atoms with Gasteiger partial charge in [-0.1, -0.05) is 0 Å². The Morgan fingerprint density at radius 1 is 1.36 bits per heavy atom. The van der Waals surface area contributed by atoms with Crippen LogP contribution in [0.5, 0.6) is 0 Å². The number of fused-ring (bicyclic) bond motifs is 2. The number of piperazine rings is 1. The largest absolute Gasteiger partial charge is 0.353 e. The van der Waals surface area contributed by atoms with Crippen LogP contribution in [0.4, 0.5) is 0 Å². The van der Waals surface area contributed by atoms with Crippen molar-refractivity contribution in [2.45, 2.75) is 30.8 Å². The summed E-state index contributed by atoms with van der Waals surface area (Å²) in [7, 11) is 0. The van der Waals surface area contributed by atoms with E-state index >= 15 is 0 Å². The predicted molar refractivity (Wildman–Crippen MR) is 53.0 cm³/mol. The second-order valence-corrected chi connectivity index (χ2v) is 4.60. The molecule has 2 atom stereocenters. The summed E-state index contributed by atoms with van der Waals surface area (Å²) in [5.74, 6) is 0.234. The third kappa shape index (κ3) is 0.982. The van der Waals surface area contributed by atoms with Crippen LogP contribution in [0.25, 0.3) is 0 Å². The number of carbonyl (C=O) groups is 1. The van der Waals surface area contributed by atoms with E-state index < -0.39 is 0 Å². The first kappa shape index (κ1) is 8.68. The van der Waals surface area contributed by atoms with E-state index in [1.807, 2.05) is 0 Å². The Labute approximate surface area is 84.0 Å². The van der Waals surface area contributed by atoms with Crippen molar-refractivity contribution >= 4 is 5.91 Å². The summed E-state index contributed by atoms with van der Waals surface area (Å²) in [4.78, 5) is 14.4. The molecule has 3 fully saturated rings. The van der Waals surface area contributed by atoms with Crippen LogP contribution in [0, 0.1) is 0 Å². The highest BCUT2D eigenvalue weighted by molar-refractivity contribution is 5.88. The minimum Gasteiger partial charge on any atom is -0.353 e. The standard InChI is InChI=1S/C10H17N3O/c14-9-10(12-5-4-11-9)3-7-13-6-1-2-8(10)13/h8,12H,1-7H2,(H,11,14). The highest BCUT2D eigenvalue weighted by Crippen LogP contribution is 2.36. The van der Waals surface area contributed by atoms with Gasteiger partial charge in [0, 0.05) is 25.7 Å². The van der Waals surface area contributed by atoms with Gasteiger partial charge in [-0.2, -0.15) is 0 Å². The van der Waals surface area contributed by atoms with Gasteiger partial charge in [0.25, 0.3) is 0 Å². The van der Waals surface area contributed by atoms with Crippen LogP contribution in [0.1, 0.15) is 19.3 Å². The number of hydrogen-bond donors (Lipinski definition) is 2. The quantitative estimate of drug-likeness (QED) is 0.538. The molecule has 3 heterocycles. The molecular weight excluding hydrogens is 178 g/mol. The average Bonchev–Trinajstić information content (AvgIpc) is 2.75. The fourth-order valence-electron chi connectivity index (χ4n) is 3.31. The maximum absolute atomic E-state index is 12.0. The number of carbonyl (C=O) groups excluding carboxylic acids is 1. The molecule has 4 nitrogen and oxygen atoms in total. The lowest BCUT2D eigenvalue weighted by molar-refractivity contribution is -0.130. The van der Waals surface area contributed by atoms with E-state index in [0.29, 0.717) is 6.04 Å². The minimum absolute atomic E-state index is 0.234. The minimum atomic E-state index is -0.241. The maximum Gasteiger partial charge on any atom is 0.242 e. The molecule has 0 radical (unpaired) electrons. The molecule has 3 aliphatic rings. The van der Waals surface area contributed by atoms with Gasteiger partial charge in [-0.15, -0.1) is 0 Å². The van der Waals surface area contributed by atoms with Gasteiger partial charge in [0.15, 0.2) is 0 Å². The molecule has 3 saturated heterocycles. The van der Waals surface area contributed by atoms with Crippen molar-refractivity contribution in [3.63, 3.8) is 0 Å². The zero-order valence-electron chi connectivity index (χ0n) is 8.38. The average molecular weight is 195 g/mol. The molecule has 0 aliphatic carbocycles. The highest BCUT2D eigenvalue weighted by Gasteiger charge is 2.54. The maximum atomic E-state index is 12.0. The fourth-order valence-corrected chi connectivity index (χ4v) is 3.31. The molecule has 0 aromatic heterocycles. The van der Waals surface area contributed by atoms with Crippen LogP contribution in [0.3, 0.4) is 0 Å². The number of rotatable bonds is 0. The van der Waals surface area contributed by atoms with Crippen molar-refractivity contribution in [2.75, 3.05) is 26.2 Å². The Balaban J connectivity index is 1.90. The van der Waals surface area contributed by atoms with Crippen molar-refractivity contribution in [3.8, 4) is 0 Å². The smallest absolute Gasteiger partial charge is 0.242 e. The lowest BCUT2D eigenvalue weighted by atomic mass is 9.86. The van der Waals surface area contributed by atoms with Crippen LogP contribution < -0.4 is 10.6 Å². The van der Waals surface area contributed by atoms with Crippen LogP contribution in [0.15, 0.2) is 0 Å². The number of amides is 1. The van der Waals surface area contributed by atoms with Gasteiger partial charge in [-0.05, 0) is 25.8 Å². The third-order valence-corrected chi connectivity index (χ3v) is 3.98. The monoisotopic (exact) mass is 195 g/mol. The van der Waals surface area contributed by atoms with Crippen LogP contribution >= 0.6 is 0 Å². The Morgan fingerprint density at radius 2 is 2.29 bits per heavy atom. The summed E-state index contributed by atoms with van der Waals surface area (Å²) in [6.07, 6.45) is 3.42. The van der Waals surface area contributed by atoms with Crippen LogP contribution in [-0.4, -0.2) is 48.6 Å². The number of nitrogens with one attached hydrogen (secondary N) is 2. The second kappa shape index (κ2) is 2.94. The first-order chi connectivity index (χ1) is 6.83. The molecule has 1 amide bonds. The Morgan fingerprint density at radius 3 is 3.14 bits per heavy atom. The lowest BCUT2D eigenvalue weighted by Gasteiger charge is -2.38. The first-order valence-corrected chi connectivity index (χ1v) is 5.60. The molecule has 2 N–H and O–H groups in total. The predicted octanol–water partition coefficient (Wildman–Crippen LogP) is -0.687. The van der Waals surface area contributed by atoms with Gasteiger partial charge in [0.1, 0.15) is 5.54 Å². The molecule has 2 unspecified atom stereocenters. The summed E-state index contributed by atoms with van der Waals surface area (Å²) in [5, 5.41) is 6.46. The Bertz CT molecular complexity index is 264. The van der Waals surface area contributed by atoms with E-state index in [9.17, 15) is 4.79 Å². The molecular formula is C10H17N3O. The number of hydrogen-bond acceptors (Lipinski definition) is 3. The van der Waals surface area contributed by atoms with Crippen LogP contribution in [-0.2, 0) is 4.79 Å². The molecule has 14 heavy (non-hydrogen) atoms. The van der Waals surface area contributed by atoms with Gasteiger partial charge in [0.05, 0.1) is 0 Å². The summed E-state index contributed by atoms with van der Waals surface area (Å²) in [6, 6.07) is 0.461. The topological polar surface area (TPSA) is 44.4 Å². The van der Waals surface area contributed by atoms with E-state index in [1.165, 1.54) is 19.4 Å². The van der Waals surface area contributed by atoms with Crippen molar-refractivity contribution in [3.05, 3.63) is 0 Å². The van der Waals surface area contributed by atoms with Crippen molar-refractivity contribution in [2.24, 2.45) is 0 Å². The normalized spacial score (nSPS) is 42.9. The van der Waals surface area contributed by atoms with Crippen LogP contribution in [0.2, 0.25) is 0 Å². The van der Waals surface area contributed by atoms with Crippen molar-refractivity contribution < 1.29 is 4.79 Å². The van der Waals surface area contributed by atoms with Gasteiger partial charge < -0.3 is 10.6 Å². The summed E-state index contributed by atoms with van der Waals surface area (Å²) in [6.45, 7) is 3.98. The molecule has 0 aromatic carbocycles. The Hall–Kier alpha value is -0.610. The zero-order chi connectivity index (χ0) is 9.60. The van der Waals surface area contributed by atoms with Crippen molar-refractivity contribution in [1.82, 2.24) is 15.5 Å². The van der Waals surface area contributed by atoms with Gasteiger partial charge in [-0.3, -0.25) is 9.69 Å².